The van der Waals surface area contributed by atoms with Crippen molar-refractivity contribution in [2.75, 3.05) is 5.32 Å². The molecule has 13 heteroatoms. The van der Waals surface area contributed by atoms with Gasteiger partial charge in [0.1, 0.15) is 24.2 Å². The SMILES string of the molecule is CC(=O)Nc1cnc(-c2ccccc2)n(CC(=O)NC(C(C)C)C(O)C(F)(F)C(=O)NCc2ccncc2)c1=O. The third-order valence-corrected chi connectivity index (χ3v) is 5.95. The van der Waals surface area contributed by atoms with Crippen molar-refractivity contribution in [2.45, 2.75) is 51.9 Å². The van der Waals surface area contributed by atoms with Crippen LogP contribution in [0.3, 0.4) is 0 Å². The van der Waals surface area contributed by atoms with Gasteiger partial charge in [0.05, 0.1) is 12.2 Å². The van der Waals surface area contributed by atoms with E-state index in [1.165, 1.54) is 45.3 Å². The highest BCUT2D eigenvalue weighted by Crippen LogP contribution is 2.25. The molecule has 0 saturated heterocycles. The summed E-state index contributed by atoms with van der Waals surface area (Å²) in [6.45, 7) is 3.29. The van der Waals surface area contributed by atoms with Gasteiger partial charge >= 0.3 is 5.92 Å². The molecule has 3 rings (SSSR count). The van der Waals surface area contributed by atoms with E-state index in [1.54, 1.807) is 30.3 Å². The van der Waals surface area contributed by atoms with E-state index in [-0.39, 0.29) is 18.1 Å². The highest BCUT2D eigenvalue weighted by atomic mass is 19.3. The number of anilines is 1. The first-order valence-electron chi connectivity index (χ1n) is 12.4. The van der Waals surface area contributed by atoms with E-state index in [2.05, 4.69) is 25.9 Å². The molecular weight excluding hydrogens is 526 g/mol. The second-order valence-electron chi connectivity index (χ2n) is 9.38. The van der Waals surface area contributed by atoms with Crippen LogP contribution in [0.25, 0.3) is 11.4 Å². The first-order valence-corrected chi connectivity index (χ1v) is 12.4. The molecule has 212 valence electrons. The number of hydrogen-bond donors (Lipinski definition) is 4. The Morgan fingerprint density at radius 1 is 1.07 bits per heavy atom. The van der Waals surface area contributed by atoms with Crippen LogP contribution in [-0.2, 0) is 27.5 Å². The Morgan fingerprint density at radius 2 is 1.73 bits per heavy atom. The fourth-order valence-electron chi connectivity index (χ4n) is 3.88. The number of pyridine rings is 1. The number of nitrogens with zero attached hydrogens (tertiary/aromatic N) is 3. The summed E-state index contributed by atoms with van der Waals surface area (Å²) in [6, 6.07) is 9.95. The van der Waals surface area contributed by atoms with Gasteiger partial charge in [-0.2, -0.15) is 8.78 Å². The number of hydrogen-bond acceptors (Lipinski definition) is 7. The molecule has 0 aliphatic heterocycles. The number of amides is 3. The maximum atomic E-state index is 15.0. The lowest BCUT2D eigenvalue weighted by Gasteiger charge is -2.32. The average molecular weight is 557 g/mol. The lowest BCUT2D eigenvalue weighted by atomic mass is 9.93. The average Bonchev–Trinajstić information content (AvgIpc) is 2.92. The number of carbonyl (C=O) groups excluding carboxylic acids is 3. The lowest BCUT2D eigenvalue weighted by Crippen LogP contribution is -2.59. The second-order valence-corrected chi connectivity index (χ2v) is 9.38. The number of nitrogens with one attached hydrogen (secondary N) is 3. The Balaban J connectivity index is 1.82. The lowest BCUT2D eigenvalue weighted by molar-refractivity contribution is -0.169. The van der Waals surface area contributed by atoms with E-state index in [1.807, 2.05) is 0 Å². The summed E-state index contributed by atoms with van der Waals surface area (Å²) in [5.41, 5.74) is 0.0798. The molecule has 0 spiro atoms. The molecule has 0 bridgehead atoms. The maximum absolute atomic E-state index is 15.0. The summed E-state index contributed by atoms with van der Waals surface area (Å²) in [5, 5.41) is 17.3. The summed E-state index contributed by atoms with van der Waals surface area (Å²) < 4.78 is 31.0. The number of aliphatic hydroxyl groups excluding tert-OH is 1. The van der Waals surface area contributed by atoms with Gasteiger partial charge in [-0.05, 0) is 23.6 Å². The van der Waals surface area contributed by atoms with E-state index in [9.17, 15) is 33.1 Å². The van der Waals surface area contributed by atoms with E-state index in [4.69, 9.17) is 0 Å². The monoisotopic (exact) mass is 556 g/mol. The minimum absolute atomic E-state index is 0.0947. The van der Waals surface area contributed by atoms with Crippen molar-refractivity contribution in [3.05, 3.63) is 77.0 Å². The zero-order valence-electron chi connectivity index (χ0n) is 22.1. The molecule has 0 fully saturated rings. The van der Waals surface area contributed by atoms with Crippen LogP contribution in [0.5, 0.6) is 0 Å². The number of rotatable bonds is 11. The molecule has 4 N–H and O–H groups in total. The summed E-state index contributed by atoms with van der Waals surface area (Å²) in [5.74, 6) is -8.04. The molecule has 3 amide bonds. The molecule has 2 aromatic heterocycles. The van der Waals surface area contributed by atoms with Crippen molar-refractivity contribution in [1.29, 1.82) is 0 Å². The molecule has 2 heterocycles. The molecule has 0 radical (unpaired) electrons. The largest absolute Gasteiger partial charge is 0.384 e. The van der Waals surface area contributed by atoms with Crippen LogP contribution >= 0.6 is 0 Å². The molecule has 11 nitrogen and oxygen atoms in total. The molecule has 0 saturated carbocycles. The number of alkyl halides is 2. The van der Waals surface area contributed by atoms with Crippen LogP contribution < -0.4 is 21.5 Å². The molecule has 2 unspecified atom stereocenters. The highest BCUT2D eigenvalue weighted by Gasteiger charge is 2.51. The fourth-order valence-corrected chi connectivity index (χ4v) is 3.88. The van der Waals surface area contributed by atoms with Crippen LogP contribution in [0.2, 0.25) is 0 Å². The third-order valence-electron chi connectivity index (χ3n) is 5.95. The zero-order chi connectivity index (χ0) is 29.4. The van der Waals surface area contributed by atoms with Crippen molar-refractivity contribution in [2.24, 2.45) is 5.92 Å². The van der Waals surface area contributed by atoms with Crippen molar-refractivity contribution in [1.82, 2.24) is 25.2 Å². The van der Waals surface area contributed by atoms with Gasteiger partial charge in [-0.25, -0.2) is 4.98 Å². The molecule has 40 heavy (non-hydrogen) atoms. The number of aliphatic hydroxyl groups is 1. The Bertz CT molecular complexity index is 1400. The Morgan fingerprint density at radius 3 is 2.33 bits per heavy atom. The van der Waals surface area contributed by atoms with E-state index < -0.39 is 53.8 Å². The van der Waals surface area contributed by atoms with Crippen LogP contribution in [0, 0.1) is 5.92 Å². The number of aromatic nitrogens is 3. The van der Waals surface area contributed by atoms with Gasteiger partial charge in [0.25, 0.3) is 11.5 Å². The summed E-state index contributed by atoms with van der Waals surface area (Å²) in [7, 11) is 0. The van der Waals surface area contributed by atoms with Gasteiger partial charge < -0.3 is 21.1 Å². The zero-order valence-corrected chi connectivity index (χ0v) is 22.1. The van der Waals surface area contributed by atoms with Gasteiger partial charge in [-0.1, -0.05) is 44.2 Å². The van der Waals surface area contributed by atoms with Crippen molar-refractivity contribution < 1.29 is 28.3 Å². The van der Waals surface area contributed by atoms with Gasteiger partial charge in [0, 0.05) is 31.4 Å². The minimum Gasteiger partial charge on any atom is -0.384 e. The van der Waals surface area contributed by atoms with Gasteiger partial charge in [0.2, 0.25) is 11.8 Å². The van der Waals surface area contributed by atoms with E-state index in [0.29, 0.717) is 11.1 Å². The maximum Gasteiger partial charge on any atom is 0.351 e. The predicted molar refractivity (Wildman–Crippen MR) is 142 cm³/mol. The topological polar surface area (TPSA) is 155 Å². The minimum atomic E-state index is -4.26. The predicted octanol–water partition coefficient (Wildman–Crippen LogP) is 1.72. The van der Waals surface area contributed by atoms with Gasteiger partial charge in [-0.15, -0.1) is 0 Å². The summed E-state index contributed by atoms with van der Waals surface area (Å²) in [4.78, 5) is 58.1. The van der Waals surface area contributed by atoms with Crippen molar-refractivity contribution >= 4 is 23.4 Å². The Kier molecular flexibility index (Phi) is 9.78. The summed E-state index contributed by atoms with van der Waals surface area (Å²) >= 11 is 0. The van der Waals surface area contributed by atoms with Crippen LogP contribution in [0.4, 0.5) is 14.5 Å². The van der Waals surface area contributed by atoms with Crippen LogP contribution in [0.1, 0.15) is 26.3 Å². The number of halogens is 2. The number of benzene rings is 1. The smallest absolute Gasteiger partial charge is 0.351 e. The van der Waals surface area contributed by atoms with Gasteiger partial charge in [-0.3, -0.25) is 28.7 Å². The molecule has 1 aromatic carbocycles. The quantitative estimate of drug-likeness (QED) is 0.280. The van der Waals surface area contributed by atoms with Crippen LogP contribution in [-0.4, -0.2) is 55.4 Å². The molecule has 0 aliphatic carbocycles. The van der Waals surface area contributed by atoms with Crippen LogP contribution in [0.15, 0.2) is 65.8 Å². The molecule has 0 aliphatic rings. The standard InChI is InChI=1S/C27H30F2N6O5/c1-16(2)22(23(38)27(28,29)26(40)32-13-18-9-11-30-12-10-18)34-21(37)15-35-24(19-7-5-4-6-8-19)31-14-20(25(35)39)33-17(3)36/h4-12,14,16,22-23,38H,13,15H2,1-3H3,(H,32,40)(H,33,36)(H,34,37). The summed E-state index contributed by atoms with van der Waals surface area (Å²) in [6.07, 6.45) is 1.46. The Hall–Kier alpha value is -4.52. The molecule has 2 atom stereocenters. The van der Waals surface area contributed by atoms with Crippen molar-refractivity contribution in [3.63, 3.8) is 0 Å². The highest BCUT2D eigenvalue weighted by molar-refractivity contribution is 5.88. The molecular formula is C27H30F2N6O5. The Labute approximate surface area is 228 Å². The first kappa shape index (κ1) is 30.0. The number of carbonyl (C=O) groups is 3. The molecule has 3 aromatic rings. The normalized spacial score (nSPS) is 12.9. The fraction of sp³-hybridized carbons (Fsp3) is 0.333. The van der Waals surface area contributed by atoms with E-state index >= 15 is 0 Å². The third kappa shape index (κ3) is 7.32. The van der Waals surface area contributed by atoms with E-state index in [0.717, 1.165) is 10.8 Å². The first-order chi connectivity index (χ1) is 18.9. The second kappa shape index (κ2) is 13.0. The van der Waals surface area contributed by atoms with Crippen molar-refractivity contribution in [3.8, 4) is 11.4 Å². The van der Waals surface area contributed by atoms with Gasteiger partial charge in [0.15, 0.2) is 0 Å².